The van der Waals surface area contributed by atoms with Gasteiger partial charge in [-0.3, -0.25) is 5.01 Å². The van der Waals surface area contributed by atoms with Crippen molar-refractivity contribution in [2.75, 3.05) is 0 Å². The predicted molar refractivity (Wildman–Crippen MR) is 49.1 cm³/mol. The van der Waals surface area contributed by atoms with Crippen LogP contribution in [0.3, 0.4) is 0 Å². The van der Waals surface area contributed by atoms with Crippen LogP contribution < -0.4 is 11.5 Å². The fourth-order valence-electron chi connectivity index (χ4n) is 0.796. The highest BCUT2D eigenvalue weighted by Crippen LogP contribution is 2.02. The van der Waals surface area contributed by atoms with Crippen molar-refractivity contribution in [1.82, 2.24) is 5.01 Å². The van der Waals surface area contributed by atoms with E-state index in [0.717, 1.165) is 0 Å². The fraction of sp³-hybridized carbons (Fsp3) is 1.00. The van der Waals surface area contributed by atoms with Gasteiger partial charge < -0.3 is 11.5 Å². The monoisotopic (exact) mass is 173 g/mol. The lowest BCUT2D eigenvalue weighted by Crippen LogP contribution is -2.40. The van der Waals surface area contributed by atoms with Crippen molar-refractivity contribution >= 4 is 0 Å². The Morgan fingerprint density at radius 1 is 1.08 bits per heavy atom. The van der Waals surface area contributed by atoms with Crippen LogP contribution in [0.2, 0.25) is 0 Å². The molecule has 0 bridgehead atoms. The molecule has 0 saturated heterocycles. The lowest BCUT2D eigenvalue weighted by Gasteiger charge is -2.25. The van der Waals surface area contributed by atoms with Gasteiger partial charge in [0.15, 0.2) is 0 Å². The Morgan fingerprint density at radius 2 is 1.58 bits per heavy atom. The molecule has 0 aromatic rings. The third-order valence-electron chi connectivity index (χ3n) is 1.28. The van der Waals surface area contributed by atoms with Crippen molar-refractivity contribution in [2.24, 2.45) is 21.8 Å². The van der Waals surface area contributed by atoms with Crippen LogP contribution in [0.4, 0.5) is 0 Å². The Hall–Kier alpha value is -0.680. The molecule has 0 aliphatic carbocycles. The minimum atomic E-state index is -0.273. The van der Waals surface area contributed by atoms with E-state index in [4.69, 9.17) is 11.5 Å². The van der Waals surface area contributed by atoms with Gasteiger partial charge in [0.25, 0.3) is 0 Å². The van der Waals surface area contributed by atoms with E-state index in [1.807, 2.05) is 20.8 Å². The first kappa shape index (κ1) is 11.3. The fourth-order valence-corrected chi connectivity index (χ4v) is 0.796. The van der Waals surface area contributed by atoms with E-state index in [-0.39, 0.29) is 18.4 Å². The van der Waals surface area contributed by atoms with E-state index in [9.17, 15) is 0 Å². The van der Waals surface area contributed by atoms with E-state index in [0.29, 0.717) is 0 Å². The van der Waals surface area contributed by atoms with E-state index in [1.165, 1.54) is 0 Å². The first-order valence-electron chi connectivity index (χ1n) is 4.15. The molecule has 0 rings (SSSR count). The van der Waals surface area contributed by atoms with Crippen LogP contribution >= 0.6 is 0 Å². The smallest absolute Gasteiger partial charge is 0.117 e. The van der Waals surface area contributed by atoms with E-state index >= 15 is 0 Å². The second kappa shape index (κ2) is 5.05. The molecule has 2 atom stereocenters. The molecule has 5 nitrogen and oxygen atoms in total. The Bertz CT molecular complexity index is 133. The van der Waals surface area contributed by atoms with Gasteiger partial charge in [0.1, 0.15) is 6.17 Å². The molecule has 0 spiro atoms. The summed E-state index contributed by atoms with van der Waals surface area (Å²) in [5, 5.41) is 9.46. The molecule has 72 valence electrons. The Morgan fingerprint density at radius 3 is 1.83 bits per heavy atom. The van der Waals surface area contributed by atoms with Gasteiger partial charge in [0, 0.05) is 6.04 Å². The molecule has 0 aromatic heterocycles. The zero-order chi connectivity index (χ0) is 9.72. The predicted octanol–water partition coefficient (Wildman–Crippen LogP) is 0.673. The molecule has 0 saturated carbocycles. The number of hydrogen-bond donors (Lipinski definition) is 2. The number of hydrogen-bond acceptors (Lipinski definition) is 4. The van der Waals surface area contributed by atoms with Crippen LogP contribution in [0.25, 0.3) is 0 Å². The number of rotatable bonds is 4. The maximum absolute atomic E-state index is 5.66. The van der Waals surface area contributed by atoms with Gasteiger partial charge in [-0.1, -0.05) is 5.22 Å². The Labute approximate surface area is 73.8 Å². The van der Waals surface area contributed by atoms with Crippen LogP contribution in [0.15, 0.2) is 10.3 Å². The van der Waals surface area contributed by atoms with Crippen molar-refractivity contribution in [3.63, 3.8) is 0 Å². The van der Waals surface area contributed by atoms with Crippen LogP contribution in [-0.4, -0.2) is 23.4 Å². The molecule has 0 heterocycles. The maximum Gasteiger partial charge on any atom is 0.117 e. The molecule has 0 aromatic carbocycles. The minimum absolute atomic E-state index is 0.132. The van der Waals surface area contributed by atoms with Gasteiger partial charge in [-0.2, -0.15) is 5.11 Å². The van der Waals surface area contributed by atoms with Gasteiger partial charge in [-0.05, 0) is 27.7 Å². The summed E-state index contributed by atoms with van der Waals surface area (Å²) in [6.07, 6.45) is -0.405. The normalized spacial score (nSPS) is 16.9. The van der Waals surface area contributed by atoms with Gasteiger partial charge in [-0.15, -0.1) is 0 Å². The summed E-state index contributed by atoms with van der Waals surface area (Å²) in [5.74, 6) is 0. The second-order valence-corrected chi connectivity index (χ2v) is 3.16. The summed E-state index contributed by atoms with van der Waals surface area (Å²) in [7, 11) is 0. The number of nitrogens with zero attached hydrogens (tertiary/aromatic N) is 3. The first-order valence-corrected chi connectivity index (χ1v) is 4.15. The molecule has 0 aliphatic heterocycles. The van der Waals surface area contributed by atoms with Gasteiger partial charge in [-0.25, -0.2) is 0 Å². The van der Waals surface area contributed by atoms with E-state index < -0.39 is 0 Å². The van der Waals surface area contributed by atoms with Crippen molar-refractivity contribution in [3.8, 4) is 0 Å². The Kier molecular flexibility index (Phi) is 4.77. The van der Waals surface area contributed by atoms with Crippen molar-refractivity contribution in [1.29, 1.82) is 0 Å². The topological polar surface area (TPSA) is 80.0 Å². The molecule has 0 aliphatic rings. The standard InChI is InChI=1S/C7H19N5/c1-5(2)12(7(4)9)11-10-6(3)8/h5-7H,8-9H2,1-4H3/b11-10-. The molecule has 12 heavy (non-hydrogen) atoms. The van der Waals surface area contributed by atoms with Crippen molar-refractivity contribution in [3.05, 3.63) is 0 Å². The lowest BCUT2D eigenvalue weighted by molar-refractivity contribution is 0.157. The summed E-state index contributed by atoms with van der Waals surface area (Å²) in [6, 6.07) is 0.243. The van der Waals surface area contributed by atoms with Gasteiger partial charge in [0.2, 0.25) is 0 Å². The molecule has 4 N–H and O–H groups in total. The van der Waals surface area contributed by atoms with E-state index in [2.05, 4.69) is 10.3 Å². The van der Waals surface area contributed by atoms with Crippen LogP contribution in [0, 0.1) is 0 Å². The van der Waals surface area contributed by atoms with Crippen molar-refractivity contribution in [2.45, 2.75) is 46.1 Å². The highest BCUT2D eigenvalue weighted by atomic mass is 15.6. The summed E-state index contributed by atoms with van der Waals surface area (Å²) in [4.78, 5) is 0. The highest BCUT2D eigenvalue weighted by Gasteiger charge is 2.10. The average molecular weight is 173 g/mol. The SMILES string of the molecule is CC(N)/N=N\N(C(C)C)C(C)N. The molecular weight excluding hydrogens is 154 g/mol. The Balaban J connectivity index is 4.14. The maximum atomic E-state index is 5.66. The van der Waals surface area contributed by atoms with Crippen LogP contribution in [-0.2, 0) is 0 Å². The third-order valence-corrected chi connectivity index (χ3v) is 1.28. The summed E-state index contributed by atoms with van der Waals surface area (Å²) in [5.41, 5.74) is 11.1. The van der Waals surface area contributed by atoms with E-state index in [1.54, 1.807) is 11.9 Å². The molecule has 2 unspecified atom stereocenters. The summed E-state index contributed by atoms with van der Waals surface area (Å²) < 4.78 is 0. The number of nitrogens with two attached hydrogens (primary N) is 2. The molecular formula is C7H19N5. The lowest BCUT2D eigenvalue weighted by atomic mass is 10.3. The summed E-state index contributed by atoms with van der Waals surface area (Å²) in [6.45, 7) is 7.64. The third kappa shape index (κ3) is 4.25. The highest BCUT2D eigenvalue weighted by molar-refractivity contribution is 4.60. The van der Waals surface area contributed by atoms with Crippen molar-refractivity contribution < 1.29 is 0 Å². The minimum Gasteiger partial charge on any atom is -0.310 e. The largest absolute Gasteiger partial charge is 0.310 e. The quantitative estimate of drug-likeness (QED) is 0.372. The molecule has 0 amide bonds. The summed E-state index contributed by atoms with van der Waals surface area (Å²) >= 11 is 0. The molecule has 0 radical (unpaired) electrons. The van der Waals surface area contributed by atoms with Crippen LogP contribution in [0.1, 0.15) is 27.7 Å². The van der Waals surface area contributed by atoms with Gasteiger partial charge >= 0.3 is 0 Å². The molecule has 0 fully saturated rings. The second-order valence-electron chi connectivity index (χ2n) is 3.16. The van der Waals surface area contributed by atoms with Crippen LogP contribution in [0.5, 0.6) is 0 Å². The molecule has 5 heteroatoms. The van der Waals surface area contributed by atoms with Gasteiger partial charge in [0.05, 0.1) is 6.17 Å². The first-order chi connectivity index (χ1) is 5.45. The zero-order valence-corrected chi connectivity index (χ0v) is 8.23. The average Bonchev–Trinajstić information content (AvgIpc) is 1.84. The zero-order valence-electron chi connectivity index (χ0n) is 8.23.